The summed E-state index contributed by atoms with van der Waals surface area (Å²) in [6.45, 7) is 0. The van der Waals surface area contributed by atoms with Gasteiger partial charge in [-0.15, -0.1) is 0 Å². The topological polar surface area (TPSA) is 135 Å². The van der Waals surface area contributed by atoms with Crippen molar-refractivity contribution in [3.8, 4) is 0 Å². The van der Waals surface area contributed by atoms with Crippen LogP contribution in [0.2, 0.25) is 0 Å². The van der Waals surface area contributed by atoms with Gasteiger partial charge in [0.2, 0.25) is 0 Å². The van der Waals surface area contributed by atoms with E-state index < -0.39 is 17.0 Å². The predicted molar refractivity (Wildman–Crippen MR) is 41.1 cm³/mol. The molecule has 0 aromatic heterocycles. The Morgan fingerprint density at radius 1 is 1.18 bits per heavy atom. The van der Waals surface area contributed by atoms with E-state index in [1.165, 1.54) is 0 Å². The maximum atomic E-state index is 8.88. The van der Waals surface area contributed by atoms with Crippen LogP contribution in [0, 0.1) is 0 Å². The molecule has 0 aliphatic heterocycles. The minimum Gasteiger partial charge on any atom is -1.00 e. The van der Waals surface area contributed by atoms with Crippen LogP contribution >= 0.6 is 7.82 Å². The van der Waals surface area contributed by atoms with Crippen molar-refractivity contribution in [3.05, 3.63) is 0 Å². The third-order valence-corrected chi connectivity index (χ3v) is 0. The van der Waals surface area contributed by atoms with E-state index in [0.717, 1.165) is 0 Å². The Morgan fingerprint density at radius 3 is 1.18 bits per heavy atom. The molecule has 11 heavy (non-hydrogen) atoms. The summed E-state index contributed by atoms with van der Waals surface area (Å²) >= 11 is 0. The molecule has 0 aromatic rings. The molecule has 0 saturated carbocycles. The van der Waals surface area contributed by atoms with Gasteiger partial charge < -0.3 is 30.0 Å². The Bertz CT molecular complexity index is 131. The molecule has 7 nitrogen and oxygen atoms in total. The molecule has 5 N–H and O–H groups in total. The summed E-state index contributed by atoms with van der Waals surface area (Å²) in [5, 5.41) is 0. The van der Waals surface area contributed by atoms with Crippen molar-refractivity contribution in [3.63, 3.8) is 0 Å². The van der Waals surface area contributed by atoms with Crippen LogP contribution in [-0.2, 0) is 9.03 Å². The van der Waals surface area contributed by atoms with Crippen LogP contribution in [0.5, 0.6) is 0 Å². The van der Waals surface area contributed by atoms with Crippen LogP contribution in [0.4, 0.5) is 0 Å². The smallest absolute Gasteiger partial charge is 1.00 e. The molecule has 0 fully saturated rings. The zero-order valence-corrected chi connectivity index (χ0v) is 10.9. The van der Waals surface area contributed by atoms with Crippen LogP contribution in [0.3, 0.4) is 0 Å². The zero-order valence-electron chi connectivity index (χ0n) is 9.41. The van der Waals surface area contributed by atoms with Crippen molar-refractivity contribution in [2.24, 2.45) is 0 Å². The van der Waals surface area contributed by atoms with Crippen molar-refractivity contribution in [1.29, 1.82) is 0 Å². The first kappa shape index (κ1) is 23.0. The standard InChI is InChI=1S/Ca.Mg.H3O4P.H2O3Si.4H/c;;1-5(2,3)4;1-4(2)3;;;;/h;;(H3,1,2,3,4);1-2H;;;;/q2*+2;;;4*-1. The quantitative estimate of drug-likeness (QED) is 0.228. The zero-order chi connectivity index (χ0) is 8.08. The molecule has 0 atom stereocenters. The Hall–Kier alpha value is 1.75. The molecule has 0 amide bonds. The summed E-state index contributed by atoms with van der Waals surface area (Å²) in [5.41, 5.74) is 0. The van der Waals surface area contributed by atoms with Gasteiger partial charge in [0.1, 0.15) is 0 Å². The van der Waals surface area contributed by atoms with Gasteiger partial charge in [-0.2, -0.15) is 0 Å². The normalized spacial score (nSPS) is 7.55. The van der Waals surface area contributed by atoms with Gasteiger partial charge in [-0.1, -0.05) is 0 Å². The van der Waals surface area contributed by atoms with E-state index in [1.807, 2.05) is 0 Å². The van der Waals surface area contributed by atoms with E-state index in [2.05, 4.69) is 0 Å². The Kier molecular flexibility index (Phi) is 24.6. The number of rotatable bonds is 0. The van der Waals surface area contributed by atoms with Gasteiger partial charge in [0.15, 0.2) is 0 Å². The molecule has 0 aromatic carbocycles. The first-order chi connectivity index (χ1) is 3.73. The monoisotopic (exact) mass is 244 g/mol. The Labute approximate surface area is 116 Å². The van der Waals surface area contributed by atoms with Crippen molar-refractivity contribution >= 4 is 77.8 Å². The largest absolute Gasteiger partial charge is 2.00 e. The fraction of sp³-hybridized carbons (Fsp3) is 0. The number of hydrogen-bond acceptors (Lipinski definition) is 2. The average molecular weight is 245 g/mol. The van der Waals surface area contributed by atoms with Gasteiger partial charge in [-0.25, -0.2) is 4.57 Å². The number of phosphoric acid groups is 1. The second kappa shape index (κ2) is 11.8. The van der Waals surface area contributed by atoms with Crippen molar-refractivity contribution in [2.75, 3.05) is 0 Å². The molecule has 0 rings (SSSR count). The van der Waals surface area contributed by atoms with Gasteiger partial charge in [0.25, 0.3) is 0 Å². The second-order valence-electron chi connectivity index (χ2n) is 0.796. The van der Waals surface area contributed by atoms with Gasteiger partial charge in [0.05, 0.1) is 0 Å². The summed E-state index contributed by atoms with van der Waals surface area (Å²) in [5.74, 6) is 0. The molecule has 0 aliphatic carbocycles. The van der Waals surface area contributed by atoms with E-state index in [1.54, 1.807) is 0 Å². The summed E-state index contributed by atoms with van der Waals surface area (Å²) in [6.07, 6.45) is 0. The second-order valence-corrected chi connectivity index (χ2v) is 2.39. The molecular formula is H9CaMgO7PSi. The van der Waals surface area contributed by atoms with E-state index >= 15 is 0 Å². The van der Waals surface area contributed by atoms with Crippen molar-refractivity contribution in [2.45, 2.75) is 0 Å². The van der Waals surface area contributed by atoms with Crippen LogP contribution in [0.1, 0.15) is 5.71 Å². The van der Waals surface area contributed by atoms with Crippen molar-refractivity contribution < 1.29 is 39.0 Å². The van der Waals surface area contributed by atoms with Crippen LogP contribution in [-0.4, -0.2) is 94.2 Å². The molecule has 0 bridgehead atoms. The maximum absolute atomic E-state index is 8.88. The summed E-state index contributed by atoms with van der Waals surface area (Å²) < 4.78 is 17.6. The van der Waals surface area contributed by atoms with E-state index in [4.69, 9.17) is 33.3 Å². The molecule has 0 radical (unpaired) electrons. The molecule has 64 valence electrons. The van der Waals surface area contributed by atoms with E-state index in [0.29, 0.717) is 0 Å². The maximum Gasteiger partial charge on any atom is 2.00 e. The third-order valence-electron chi connectivity index (χ3n) is 0. The van der Waals surface area contributed by atoms with Crippen LogP contribution < -0.4 is 0 Å². The minimum absolute atomic E-state index is 0. The molecule has 11 heteroatoms. The summed E-state index contributed by atoms with van der Waals surface area (Å²) in [7, 11) is -7.77. The van der Waals surface area contributed by atoms with Gasteiger partial charge >= 0.3 is 77.8 Å². The van der Waals surface area contributed by atoms with Gasteiger partial charge in [0, 0.05) is 0 Å². The van der Waals surface area contributed by atoms with Crippen molar-refractivity contribution in [1.82, 2.24) is 0 Å². The predicted octanol–water partition coefficient (Wildman–Crippen LogP) is -2.85. The fourth-order valence-electron chi connectivity index (χ4n) is 0. The molecule has 0 unspecified atom stereocenters. The molecule has 0 heterocycles. The average Bonchev–Trinajstić information content (AvgIpc) is 1.19. The molecule has 0 aliphatic rings. The number of hydrogen-bond donors (Lipinski definition) is 5. The third kappa shape index (κ3) is 364. The molecule has 0 spiro atoms. The van der Waals surface area contributed by atoms with Crippen LogP contribution in [0.25, 0.3) is 0 Å². The first-order valence-electron chi connectivity index (χ1n) is 1.43. The first-order valence-corrected chi connectivity index (χ1v) is 4.30. The Balaban J connectivity index is -0.00000000785. The van der Waals surface area contributed by atoms with Crippen LogP contribution in [0.15, 0.2) is 0 Å². The SMILES string of the molecule is O=P(O)(O)O.O=[Si](O)O.[Ca+2].[H-].[H-].[H-].[H-].[Mg+2]. The fourth-order valence-corrected chi connectivity index (χ4v) is 0. The minimum atomic E-state index is -4.64. The molecule has 0 saturated heterocycles. The molecular weight excluding hydrogens is 235 g/mol. The van der Waals surface area contributed by atoms with Gasteiger partial charge in [-0.3, -0.25) is 4.46 Å². The Morgan fingerprint density at radius 2 is 1.18 bits per heavy atom. The summed E-state index contributed by atoms with van der Waals surface area (Å²) in [6, 6.07) is 0. The summed E-state index contributed by atoms with van der Waals surface area (Å²) in [4.78, 5) is 35.9. The van der Waals surface area contributed by atoms with Gasteiger partial charge in [-0.05, 0) is 0 Å². The van der Waals surface area contributed by atoms with E-state index in [9.17, 15) is 0 Å². The van der Waals surface area contributed by atoms with E-state index in [-0.39, 0.29) is 66.5 Å².